The molecule has 3 aromatic rings. The molecule has 0 aliphatic rings. The molecule has 0 N–H and O–H groups in total. The van der Waals surface area contributed by atoms with E-state index in [1.165, 1.54) is 6.20 Å². The summed E-state index contributed by atoms with van der Waals surface area (Å²) in [6.07, 6.45) is 1.22. The highest BCUT2D eigenvalue weighted by molar-refractivity contribution is 5.82. The quantitative estimate of drug-likeness (QED) is 0.718. The molecule has 5 heteroatoms. The molecule has 0 saturated carbocycles. The summed E-state index contributed by atoms with van der Waals surface area (Å²) >= 11 is 0. The fourth-order valence-electron chi connectivity index (χ4n) is 2.67. The van der Waals surface area contributed by atoms with Crippen LogP contribution in [0.5, 0.6) is 0 Å². The molecule has 1 aromatic carbocycles. The standard InChI is InChI=1S/C16H17FN4/c1-9(2)21-11(4)20-14-6-5-12(7-15(14)21)16-13(17)8-18-10(3)19-16/h5-9H,1-4H3. The number of nitrogens with zero attached hydrogens (tertiary/aromatic N) is 4. The number of benzene rings is 1. The summed E-state index contributed by atoms with van der Waals surface area (Å²) in [4.78, 5) is 12.6. The van der Waals surface area contributed by atoms with Crippen LogP contribution in [0.3, 0.4) is 0 Å². The summed E-state index contributed by atoms with van der Waals surface area (Å²) < 4.78 is 16.1. The van der Waals surface area contributed by atoms with E-state index < -0.39 is 5.82 Å². The van der Waals surface area contributed by atoms with Crippen molar-refractivity contribution in [3.8, 4) is 11.3 Å². The first kappa shape index (κ1) is 13.7. The van der Waals surface area contributed by atoms with Crippen molar-refractivity contribution in [3.63, 3.8) is 0 Å². The van der Waals surface area contributed by atoms with Gasteiger partial charge in [-0.15, -0.1) is 0 Å². The highest BCUT2D eigenvalue weighted by Gasteiger charge is 2.14. The van der Waals surface area contributed by atoms with Crippen molar-refractivity contribution in [3.05, 3.63) is 41.9 Å². The molecule has 0 saturated heterocycles. The lowest BCUT2D eigenvalue weighted by molar-refractivity contribution is 0.600. The molecule has 0 bridgehead atoms. The zero-order valence-corrected chi connectivity index (χ0v) is 12.6. The third-order valence-corrected chi connectivity index (χ3v) is 3.52. The smallest absolute Gasteiger partial charge is 0.167 e. The SMILES string of the molecule is Cc1ncc(F)c(-c2ccc3nc(C)n(C(C)C)c3c2)n1. The number of fused-ring (bicyclic) bond motifs is 1. The number of aromatic nitrogens is 4. The van der Waals surface area contributed by atoms with Crippen molar-refractivity contribution in [2.24, 2.45) is 0 Å². The van der Waals surface area contributed by atoms with E-state index in [-0.39, 0.29) is 0 Å². The zero-order valence-electron chi connectivity index (χ0n) is 12.6. The molecule has 2 aromatic heterocycles. The fraction of sp³-hybridized carbons (Fsp3) is 0.312. The van der Waals surface area contributed by atoms with Crippen LogP contribution in [0.4, 0.5) is 4.39 Å². The Hall–Kier alpha value is -2.30. The van der Waals surface area contributed by atoms with Gasteiger partial charge in [-0.3, -0.25) is 0 Å². The van der Waals surface area contributed by atoms with Crippen molar-refractivity contribution >= 4 is 11.0 Å². The van der Waals surface area contributed by atoms with Gasteiger partial charge in [0, 0.05) is 11.6 Å². The topological polar surface area (TPSA) is 43.6 Å². The Labute approximate surface area is 122 Å². The van der Waals surface area contributed by atoms with Gasteiger partial charge in [0.1, 0.15) is 17.3 Å². The van der Waals surface area contributed by atoms with E-state index in [0.29, 0.717) is 17.6 Å². The predicted octanol–water partition coefficient (Wildman–Crippen LogP) is 3.83. The maximum absolute atomic E-state index is 14.0. The summed E-state index contributed by atoms with van der Waals surface area (Å²) in [7, 11) is 0. The maximum atomic E-state index is 14.0. The molecule has 0 fully saturated rings. The largest absolute Gasteiger partial charge is 0.326 e. The van der Waals surface area contributed by atoms with Crippen LogP contribution in [0.25, 0.3) is 22.3 Å². The van der Waals surface area contributed by atoms with Gasteiger partial charge in [-0.1, -0.05) is 6.07 Å². The number of hydrogen-bond donors (Lipinski definition) is 0. The molecule has 4 nitrogen and oxygen atoms in total. The summed E-state index contributed by atoms with van der Waals surface area (Å²) in [6.45, 7) is 7.95. The lowest BCUT2D eigenvalue weighted by atomic mass is 10.1. The maximum Gasteiger partial charge on any atom is 0.167 e. The normalized spacial score (nSPS) is 11.5. The molecule has 0 aliphatic carbocycles. The Kier molecular flexibility index (Phi) is 3.20. The lowest BCUT2D eigenvalue weighted by Crippen LogP contribution is -2.03. The molecule has 21 heavy (non-hydrogen) atoms. The van der Waals surface area contributed by atoms with Crippen LogP contribution in [0.15, 0.2) is 24.4 Å². The molecule has 0 aliphatic heterocycles. The predicted molar refractivity (Wildman–Crippen MR) is 80.6 cm³/mol. The van der Waals surface area contributed by atoms with Crippen molar-refractivity contribution in [2.75, 3.05) is 0 Å². The summed E-state index contributed by atoms with van der Waals surface area (Å²) in [5, 5.41) is 0. The van der Waals surface area contributed by atoms with Crippen LogP contribution >= 0.6 is 0 Å². The second-order valence-corrected chi connectivity index (χ2v) is 5.44. The number of halogens is 1. The minimum Gasteiger partial charge on any atom is -0.326 e. The minimum atomic E-state index is -0.410. The molecule has 0 radical (unpaired) electrons. The Balaban J connectivity index is 2.25. The van der Waals surface area contributed by atoms with Gasteiger partial charge in [0.15, 0.2) is 5.82 Å². The molecule has 3 rings (SSSR count). The first-order valence-electron chi connectivity index (χ1n) is 6.95. The number of hydrogen-bond acceptors (Lipinski definition) is 3. The average molecular weight is 284 g/mol. The monoisotopic (exact) mass is 284 g/mol. The lowest BCUT2D eigenvalue weighted by Gasteiger charge is -2.11. The third kappa shape index (κ3) is 2.28. The van der Waals surface area contributed by atoms with Crippen LogP contribution < -0.4 is 0 Å². The first-order valence-corrected chi connectivity index (χ1v) is 6.95. The third-order valence-electron chi connectivity index (χ3n) is 3.52. The number of aryl methyl sites for hydroxylation is 2. The van der Waals surface area contributed by atoms with E-state index in [4.69, 9.17) is 0 Å². The Morgan fingerprint density at radius 1 is 1.14 bits per heavy atom. The van der Waals surface area contributed by atoms with Gasteiger partial charge in [0.2, 0.25) is 0 Å². The number of rotatable bonds is 2. The van der Waals surface area contributed by atoms with E-state index in [1.54, 1.807) is 6.92 Å². The van der Waals surface area contributed by atoms with E-state index in [2.05, 4.69) is 33.4 Å². The molecule has 108 valence electrons. The second kappa shape index (κ2) is 4.91. The Morgan fingerprint density at radius 2 is 1.90 bits per heavy atom. The van der Waals surface area contributed by atoms with Gasteiger partial charge in [-0.25, -0.2) is 19.3 Å². The molecular weight excluding hydrogens is 267 g/mol. The van der Waals surface area contributed by atoms with Gasteiger partial charge >= 0.3 is 0 Å². The van der Waals surface area contributed by atoms with E-state index in [9.17, 15) is 4.39 Å². The average Bonchev–Trinajstić information content (AvgIpc) is 2.76. The Bertz CT molecular complexity index is 821. The molecule has 2 heterocycles. The van der Waals surface area contributed by atoms with E-state index >= 15 is 0 Å². The van der Waals surface area contributed by atoms with Gasteiger partial charge in [0.05, 0.1) is 17.2 Å². The van der Waals surface area contributed by atoms with Crippen LogP contribution in [0, 0.1) is 19.7 Å². The highest BCUT2D eigenvalue weighted by atomic mass is 19.1. The zero-order chi connectivity index (χ0) is 15.1. The van der Waals surface area contributed by atoms with Crippen molar-refractivity contribution < 1.29 is 4.39 Å². The molecular formula is C16H17FN4. The van der Waals surface area contributed by atoms with E-state index in [1.807, 2.05) is 25.1 Å². The molecule has 0 spiro atoms. The molecule has 0 atom stereocenters. The molecule has 0 unspecified atom stereocenters. The van der Waals surface area contributed by atoms with Crippen LogP contribution in [-0.2, 0) is 0 Å². The highest BCUT2D eigenvalue weighted by Crippen LogP contribution is 2.27. The summed E-state index contributed by atoms with van der Waals surface area (Å²) in [5.41, 5.74) is 2.98. The van der Waals surface area contributed by atoms with Crippen LogP contribution in [0.1, 0.15) is 31.5 Å². The van der Waals surface area contributed by atoms with Gasteiger partial charge in [-0.05, 0) is 39.8 Å². The van der Waals surface area contributed by atoms with Crippen LogP contribution in [0.2, 0.25) is 0 Å². The van der Waals surface area contributed by atoms with Gasteiger partial charge in [-0.2, -0.15) is 0 Å². The molecule has 0 amide bonds. The summed E-state index contributed by atoms with van der Waals surface area (Å²) in [6, 6.07) is 6.00. The summed E-state index contributed by atoms with van der Waals surface area (Å²) in [5.74, 6) is 1.10. The van der Waals surface area contributed by atoms with Crippen LogP contribution in [-0.4, -0.2) is 19.5 Å². The van der Waals surface area contributed by atoms with Gasteiger partial charge < -0.3 is 4.57 Å². The van der Waals surface area contributed by atoms with Crippen molar-refractivity contribution in [1.29, 1.82) is 0 Å². The second-order valence-electron chi connectivity index (χ2n) is 5.44. The minimum absolute atomic E-state index is 0.294. The van der Waals surface area contributed by atoms with Gasteiger partial charge in [0.25, 0.3) is 0 Å². The van der Waals surface area contributed by atoms with E-state index in [0.717, 1.165) is 22.4 Å². The first-order chi connectivity index (χ1) is 9.97. The number of imidazole rings is 1. The Morgan fingerprint density at radius 3 is 2.62 bits per heavy atom. The van der Waals surface area contributed by atoms with Crippen molar-refractivity contribution in [2.45, 2.75) is 33.7 Å². The fourth-order valence-corrected chi connectivity index (χ4v) is 2.67. The van der Waals surface area contributed by atoms with Crippen molar-refractivity contribution in [1.82, 2.24) is 19.5 Å².